The Balaban J connectivity index is 0.000000633. The average Bonchev–Trinajstić information content (AvgIpc) is 3.19. The van der Waals surface area contributed by atoms with Crippen LogP contribution in [0.1, 0.15) is 61.0 Å². The molecule has 0 aliphatic rings. The van der Waals surface area contributed by atoms with E-state index in [0.29, 0.717) is 0 Å². The molecule has 49 heavy (non-hydrogen) atoms. The van der Waals surface area contributed by atoms with Crippen molar-refractivity contribution in [3.63, 3.8) is 0 Å². The monoisotopic (exact) mass is 640 g/mol. The minimum atomic E-state index is 1.26. The molecular weight excluding hydrogens is 589 g/mol. The van der Waals surface area contributed by atoms with Crippen LogP contribution < -0.4 is 0 Å². The van der Waals surface area contributed by atoms with Crippen molar-refractivity contribution in [3.05, 3.63) is 157 Å². The van der Waals surface area contributed by atoms with Crippen LogP contribution in [0.2, 0.25) is 0 Å². The number of aryl methyl sites for hydroxylation is 1. The molecule has 0 fully saturated rings. The number of hydrogen-bond donors (Lipinski definition) is 0. The summed E-state index contributed by atoms with van der Waals surface area (Å²) >= 11 is 0. The molecule has 0 heterocycles. The SMILES string of the molecule is CC.CC.CC.CC.Cc1cccc(-c2ccc(-c3c4ccccc4c(-c4cccc5ccccc45)c4ccccc34)c3ccccc23)c1. The summed E-state index contributed by atoms with van der Waals surface area (Å²) in [6.07, 6.45) is 0. The Kier molecular flexibility index (Phi) is 13.3. The fourth-order valence-corrected chi connectivity index (χ4v) is 6.73. The van der Waals surface area contributed by atoms with Gasteiger partial charge in [-0.25, -0.2) is 0 Å². The van der Waals surface area contributed by atoms with E-state index in [-0.39, 0.29) is 0 Å². The Labute approximate surface area is 295 Å². The molecule has 0 saturated carbocycles. The van der Waals surface area contributed by atoms with Gasteiger partial charge in [0.05, 0.1) is 0 Å². The summed E-state index contributed by atoms with van der Waals surface area (Å²) in [6.45, 7) is 18.2. The van der Waals surface area contributed by atoms with E-state index in [4.69, 9.17) is 0 Å². The van der Waals surface area contributed by atoms with Crippen molar-refractivity contribution in [1.29, 1.82) is 0 Å². The first-order valence-electron chi connectivity index (χ1n) is 18.3. The fraction of sp³-hybridized carbons (Fsp3) is 0.184. The first-order valence-corrected chi connectivity index (χ1v) is 18.3. The predicted molar refractivity (Wildman–Crippen MR) is 223 cm³/mol. The Morgan fingerprint density at radius 1 is 0.286 bits per heavy atom. The van der Waals surface area contributed by atoms with Crippen molar-refractivity contribution in [2.24, 2.45) is 0 Å². The van der Waals surface area contributed by atoms with Crippen LogP contribution in [0.25, 0.3) is 76.5 Å². The smallest absolute Gasteiger partial charge is 0.00201 e. The van der Waals surface area contributed by atoms with Crippen molar-refractivity contribution < 1.29 is 0 Å². The summed E-state index contributed by atoms with van der Waals surface area (Å²) in [6, 6.07) is 55.7. The molecule has 0 nitrogen and oxygen atoms in total. The molecule has 0 aliphatic heterocycles. The summed E-state index contributed by atoms with van der Waals surface area (Å²) in [4.78, 5) is 0. The molecule has 8 aromatic rings. The van der Waals surface area contributed by atoms with E-state index in [0.717, 1.165) is 0 Å². The second-order valence-corrected chi connectivity index (χ2v) is 10.9. The fourth-order valence-electron chi connectivity index (χ4n) is 6.73. The van der Waals surface area contributed by atoms with Crippen LogP contribution in [0.4, 0.5) is 0 Å². The molecule has 8 rings (SSSR count). The minimum Gasteiger partial charge on any atom is -0.0683 e. The first kappa shape index (κ1) is 36.6. The Bertz CT molecular complexity index is 2210. The summed E-state index contributed by atoms with van der Waals surface area (Å²) in [7, 11) is 0. The van der Waals surface area contributed by atoms with Gasteiger partial charge in [0.25, 0.3) is 0 Å². The van der Waals surface area contributed by atoms with Crippen LogP contribution in [-0.2, 0) is 0 Å². The van der Waals surface area contributed by atoms with Crippen molar-refractivity contribution in [2.45, 2.75) is 62.3 Å². The third-order valence-corrected chi connectivity index (χ3v) is 8.51. The lowest BCUT2D eigenvalue weighted by molar-refractivity contribution is 1.47. The topological polar surface area (TPSA) is 0 Å². The van der Waals surface area contributed by atoms with Gasteiger partial charge >= 0.3 is 0 Å². The molecular formula is C49H52. The number of benzene rings is 8. The van der Waals surface area contributed by atoms with Crippen molar-refractivity contribution >= 4 is 43.1 Å². The Morgan fingerprint density at radius 3 is 1.16 bits per heavy atom. The van der Waals surface area contributed by atoms with E-state index in [1.54, 1.807) is 0 Å². The maximum atomic E-state index is 2.34. The largest absolute Gasteiger partial charge is 0.0683 e. The molecule has 0 spiro atoms. The number of fused-ring (bicyclic) bond motifs is 4. The van der Waals surface area contributed by atoms with E-state index in [9.17, 15) is 0 Å². The molecule has 0 atom stereocenters. The molecule has 0 saturated heterocycles. The molecule has 0 aromatic heterocycles. The van der Waals surface area contributed by atoms with Crippen molar-refractivity contribution in [3.8, 4) is 33.4 Å². The van der Waals surface area contributed by atoms with Crippen molar-refractivity contribution in [1.82, 2.24) is 0 Å². The lowest BCUT2D eigenvalue weighted by Gasteiger charge is -2.20. The van der Waals surface area contributed by atoms with Gasteiger partial charge in [0.15, 0.2) is 0 Å². The van der Waals surface area contributed by atoms with Crippen molar-refractivity contribution in [2.75, 3.05) is 0 Å². The normalized spacial score (nSPS) is 10.1. The van der Waals surface area contributed by atoms with E-state index in [2.05, 4.69) is 159 Å². The highest BCUT2D eigenvalue weighted by Gasteiger charge is 2.19. The lowest BCUT2D eigenvalue weighted by atomic mass is 9.83. The van der Waals surface area contributed by atoms with Gasteiger partial charge in [-0.15, -0.1) is 0 Å². The molecule has 0 aliphatic carbocycles. The van der Waals surface area contributed by atoms with Gasteiger partial charge < -0.3 is 0 Å². The minimum absolute atomic E-state index is 1.26. The summed E-state index contributed by atoms with van der Waals surface area (Å²) in [5.74, 6) is 0. The van der Waals surface area contributed by atoms with Crippen LogP contribution in [-0.4, -0.2) is 0 Å². The summed E-state index contributed by atoms with van der Waals surface area (Å²) < 4.78 is 0. The maximum absolute atomic E-state index is 2.34. The average molecular weight is 641 g/mol. The summed E-state index contributed by atoms with van der Waals surface area (Å²) in [5.41, 5.74) is 8.96. The molecule has 248 valence electrons. The van der Waals surface area contributed by atoms with Gasteiger partial charge in [0, 0.05) is 0 Å². The van der Waals surface area contributed by atoms with E-state index >= 15 is 0 Å². The highest BCUT2D eigenvalue weighted by Crippen LogP contribution is 2.47. The maximum Gasteiger partial charge on any atom is -0.00201 e. The molecule has 0 unspecified atom stereocenters. The van der Waals surface area contributed by atoms with Gasteiger partial charge in [-0.1, -0.05) is 213 Å². The predicted octanol–water partition coefficient (Wildman–Crippen LogP) is 15.7. The quantitative estimate of drug-likeness (QED) is 0.169. The number of rotatable bonds is 3. The second kappa shape index (κ2) is 17.8. The van der Waals surface area contributed by atoms with Crippen LogP contribution in [0.15, 0.2) is 152 Å². The van der Waals surface area contributed by atoms with E-state index in [1.807, 2.05) is 55.4 Å². The van der Waals surface area contributed by atoms with Gasteiger partial charge in [0.1, 0.15) is 0 Å². The van der Waals surface area contributed by atoms with E-state index < -0.39 is 0 Å². The third kappa shape index (κ3) is 7.15. The van der Waals surface area contributed by atoms with Crippen LogP contribution in [0.5, 0.6) is 0 Å². The molecule has 8 aromatic carbocycles. The third-order valence-electron chi connectivity index (χ3n) is 8.51. The van der Waals surface area contributed by atoms with Gasteiger partial charge in [-0.3, -0.25) is 0 Å². The highest BCUT2D eigenvalue weighted by molar-refractivity contribution is 6.25. The van der Waals surface area contributed by atoms with Crippen LogP contribution in [0, 0.1) is 6.92 Å². The summed E-state index contributed by atoms with van der Waals surface area (Å²) in [5, 5.41) is 10.2. The lowest BCUT2D eigenvalue weighted by Crippen LogP contribution is -1.93. The van der Waals surface area contributed by atoms with Gasteiger partial charge in [-0.05, 0) is 83.4 Å². The number of hydrogen-bond acceptors (Lipinski definition) is 0. The molecule has 0 amide bonds. The second-order valence-electron chi connectivity index (χ2n) is 10.9. The Morgan fingerprint density at radius 2 is 0.653 bits per heavy atom. The molecule has 0 bridgehead atoms. The zero-order valence-electron chi connectivity index (χ0n) is 30.9. The molecule has 0 radical (unpaired) electrons. The van der Waals surface area contributed by atoms with Gasteiger partial charge in [0.2, 0.25) is 0 Å². The highest BCUT2D eigenvalue weighted by atomic mass is 14.2. The standard InChI is InChI=1S/C41H28.4C2H6/c1-27-12-10-15-29(26-27)31-24-25-39(33-18-5-4-17-32(31)33)41-37-21-8-6-19-35(37)40(36-20-7-9-22-38(36)41)34-23-11-14-28-13-2-3-16-30(28)34;4*1-2/h2-26H,1H3;4*1-2H3. The van der Waals surface area contributed by atoms with Crippen LogP contribution >= 0.6 is 0 Å². The molecule has 0 N–H and O–H groups in total. The zero-order chi connectivity index (χ0) is 35.3. The van der Waals surface area contributed by atoms with E-state index in [1.165, 1.54) is 82.0 Å². The first-order chi connectivity index (χ1) is 24.3. The van der Waals surface area contributed by atoms with Gasteiger partial charge in [-0.2, -0.15) is 0 Å². The Hall–Kier alpha value is -5.20. The van der Waals surface area contributed by atoms with Crippen LogP contribution in [0.3, 0.4) is 0 Å². The zero-order valence-corrected chi connectivity index (χ0v) is 30.9. The molecule has 0 heteroatoms.